The molecule has 5 aromatic rings. The fraction of sp³-hybridized carbons (Fsp3) is 0.206. The number of allylic oxidation sites excluding steroid dienone is 1. The van der Waals surface area contributed by atoms with E-state index < -0.39 is 6.04 Å². The van der Waals surface area contributed by atoms with E-state index in [0.29, 0.717) is 38.7 Å². The first kappa shape index (κ1) is 27.9. The van der Waals surface area contributed by atoms with Crippen LogP contribution < -0.4 is 14.9 Å². The first-order valence-electron chi connectivity index (χ1n) is 14.1. The number of rotatable bonds is 7. The molecule has 1 atom stereocenters. The Morgan fingerprint density at radius 1 is 1.00 bits per heavy atom. The van der Waals surface area contributed by atoms with Gasteiger partial charge in [0.05, 0.1) is 21.8 Å². The summed E-state index contributed by atoms with van der Waals surface area (Å²) in [6.07, 6.45) is 4.06. The lowest BCUT2D eigenvalue weighted by Crippen LogP contribution is -2.43. The van der Waals surface area contributed by atoms with Gasteiger partial charge in [0.25, 0.3) is 11.5 Å². The van der Waals surface area contributed by atoms with Crippen molar-refractivity contribution >= 4 is 45.8 Å². The lowest BCUT2D eigenvalue weighted by molar-refractivity contribution is -0.127. The molecule has 1 amide bonds. The molecule has 0 saturated heterocycles. The van der Waals surface area contributed by atoms with Gasteiger partial charge in [0, 0.05) is 47.3 Å². The maximum absolute atomic E-state index is 14.2. The minimum Gasteiger partial charge on any atom is -0.342 e. The molecule has 3 aromatic carbocycles. The van der Waals surface area contributed by atoms with Gasteiger partial charge < -0.3 is 9.47 Å². The van der Waals surface area contributed by atoms with Gasteiger partial charge in [-0.05, 0) is 56.2 Å². The van der Waals surface area contributed by atoms with Gasteiger partial charge in [-0.3, -0.25) is 14.2 Å². The van der Waals surface area contributed by atoms with E-state index >= 15 is 0 Å². The maximum Gasteiger partial charge on any atom is 0.271 e. The Labute approximate surface area is 253 Å². The minimum atomic E-state index is -0.604. The van der Waals surface area contributed by atoms with Crippen LogP contribution in [-0.4, -0.2) is 33.0 Å². The van der Waals surface area contributed by atoms with Crippen LogP contribution >= 0.6 is 22.9 Å². The lowest BCUT2D eigenvalue weighted by Gasteiger charge is -2.29. The molecule has 0 radical (unpaired) electrons. The predicted molar refractivity (Wildman–Crippen MR) is 171 cm³/mol. The zero-order valence-electron chi connectivity index (χ0n) is 23.8. The highest BCUT2D eigenvalue weighted by Crippen LogP contribution is 2.32. The van der Waals surface area contributed by atoms with Gasteiger partial charge >= 0.3 is 0 Å². The van der Waals surface area contributed by atoms with Crippen molar-refractivity contribution < 1.29 is 4.79 Å². The van der Waals surface area contributed by atoms with E-state index in [2.05, 4.69) is 35.0 Å². The summed E-state index contributed by atoms with van der Waals surface area (Å²) in [4.78, 5) is 35.1. The summed E-state index contributed by atoms with van der Waals surface area (Å²) in [5, 5.41) is 1.66. The van der Waals surface area contributed by atoms with E-state index in [1.54, 1.807) is 21.6 Å². The number of halogens is 1. The molecule has 8 heteroatoms. The van der Waals surface area contributed by atoms with Gasteiger partial charge in [0.15, 0.2) is 4.80 Å². The molecule has 3 heterocycles. The molecule has 0 unspecified atom stereocenters. The highest BCUT2D eigenvalue weighted by atomic mass is 35.5. The molecule has 1 aliphatic rings. The topological polar surface area (TPSA) is 59.6 Å². The van der Waals surface area contributed by atoms with Crippen molar-refractivity contribution in [1.29, 1.82) is 0 Å². The fourth-order valence-electron chi connectivity index (χ4n) is 5.68. The summed E-state index contributed by atoms with van der Waals surface area (Å²) in [5.74, 6) is -0.112. The summed E-state index contributed by atoms with van der Waals surface area (Å²) in [6, 6.07) is 25.3. The number of amides is 1. The third kappa shape index (κ3) is 5.03. The Bertz CT molecular complexity index is 2000. The zero-order valence-corrected chi connectivity index (χ0v) is 25.3. The number of fused-ring (bicyclic) bond motifs is 2. The molecule has 0 aliphatic carbocycles. The molecule has 6 rings (SSSR count). The number of thiazole rings is 1. The summed E-state index contributed by atoms with van der Waals surface area (Å²) < 4.78 is 4.46. The Morgan fingerprint density at radius 3 is 2.40 bits per heavy atom. The second-order valence-electron chi connectivity index (χ2n) is 10.3. The van der Waals surface area contributed by atoms with Crippen molar-refractivity contribution in [3.63, 3.8) is 0 Å². The van der Waals surface area contributed by atoms with Crippen molar-refractivity contribution in [2.45, 2.75) is 33.4 Å². The summed E-state index contributed by atoms with van der Waals surface area (Å²) in [6.45, 7) is 7.63. The average molecular weight is 595 g/mol. The number of para-hydroxylation sites is 1. The highest BCUT2D eigenvalue weighted by Gasteiger charge is 2.34. The van der Waals surface area contributed by atoms with Gasteiger partial charge in [-0.2, -0.15) is 0 Å². The Morgan fingerprint density at radius 2 is 1.69 bits per heavy atom. The van der Waals surface area contributed by atoms with Crippen molar-refractivity contribution in [3.8, 4) is 0 Å². The first-order chi connectivity index (χ1) is 20.4. The largest absolute Gasteiger partial charge is 0.342 e. The third-order valence-electron chi connectivity index (χ3n) is 7.79. The van der Waals surface area contributed by atoms with Crippen LogP contribution in [-0.2, 0) is 11.3 Å². The second-order valence-corrected chi connectivity index (χ2v) is 11.8. The van der Waals surface area contributed by atoms with Crippen LogP contribution in [0.15, 0.2) is 106 Å². The van der Waals surface area contributed by atoms with Crippen LogP contribution in [0.3, 0.4) is 0 Å². The van der Waals surface area contributed by atoms with Crippen molar-refractivity contribution in [2.75, 3.05) is 13.1 Å². The monoisotopic (exact) mass is 594 g/mol. The molecule has 0 N–H and O–H groups in total. The smallest absolute Gasteiger partial charge is 0.271 e. The first-order valence-corrected chi connectivity index (χ1v) is 15.3. The summed E-state index contributed by atoms with van der Waals surface area (Å²) >= 11 is 7.57. The summed E-state index contributed by atoms with van der Waals surface area (Å²) in [7, 11) is 0. The number of hydrogen-bond donors (Lipinski definition) is 0. The van der Waals surface area contributed by atoms with Gasteiger partial charge in [-0.1, -0.05) is 83.6 Å². The van der Waals surface area contributed by atoms with Gasteiger partial charge in [0.1, 0.15) is 0 Å². The molecular weight excluding hydrogens is 564 g/mol. The molecular formula is C34H31ClN4O2S. The van der Waals surface area contributed by atoms with Gasteiger partial charge in [-0.25, -0.2) is 4.99 Å². The van der Waals surface area contributed by atoms with E-state index in [1.807, 2.05) is 69.3 Å². The zero-order chi connectivity index (χ0) is 29.4. The number of hydrogen-bond acceptors (Lipinski definition) is 4. The maximum atomic E-state index is 14.2. The van der Waals surface area contributed by atoms with Crippen LogP contribution in [0.2, 0.25) is 5.02 Å². The van der Waals surface area contributed by atoms with Crippen molar-refractivity contribution in [3.05, 3.63) is 138 Å². The van der Waals surface area contributed by atoms with Crippen molar-refractivity contribution in [1.82, 2.24) is 14.0 Å². The van der Waals surface area contributed by atoms with Gasteiger partial charge in [-0.15, -0.1) is 0 Å². The number of carbonyl (C=O) groups is 1. The number of benzene rings is 3. The van der Waals surface area contributed by atoms with E-state index in [0.717, 1.165) is 28.6 Å². The lowest BCUT2D eigenvalue weighted by atomic mass is 9.94. The van der Waals surface area contributed by atoms with E-state index in [4.69, 9.17) is 16.6 Å². The second kappa shape index (κ2) is 11.6. The third-order valence-corrected chi connectivity index (χ3v) is 9.03. The minimum absolute atomic E-state index is 0.112. The average Bonchev–Trinajstić information content (AvgIpc) is 3.50. The summed E-state index contributed by atoms with van der Waals surface area (Å²) in [5.41, 5.74) is 5.05. The number of nitrogens with zero attached hydrogens (tertiary/aromatic N) is 4. The van der Waals surface area contributed by atoms with Crippen molar-refractivity contribution in [2.24, 2.45) is 4.99 Å². The highest BCUT2D eigenvalue weighted by molar-refractivity contribution is 7.07. The van der Waals surface area contributed by atoms with Gasteiger partial charge in [0.2, 0.25) is 0 Å². The van der Waals surface area contributed by atoms with Crippen LogP contribution in [0.1, 0.15) is 43.5 Å². The van der Waals surface area contributed by atoms with Crippen LogP contribution in [0.4, 0.5) is 0 Å². The predicted octanol–water partition coefficient (Wildman–Crippen LogP) is 5.76. The number of likely N-dealkylation sites (N-methyl/N-ethyl adjacent to an activating group) is 1. The quantitative estimate of drug-likeness (QED) is 0.241. The molecule has 2 aromatic heterocycles. The van der Waals surface area contributed by atoms with Crippen LogP contribution in [0, 0.1) is 0 Å². The van der Waals surface area contributed by atoms with E-state index in [9.17, 15) is 9.59 Å². The molecule has 6 nitrogen and oxygen atoms in total. The van der Waals surface area contributed by atoms with Crippen LogP contribution in [0.25, 0.3) is 17.0 Å². The molecule has 0 saturated carbocycles. The number of carbonyl (C=O) groups excluding carboxylic acids is 1. The molecule has 0 bridgehead atoms. The number of aromatic nitrogens is 2. The van der Waals surface area contributed by atoms with E-state index in [1.165, 1.54) is 16.9 Å². The molecule has 42 heavy (non-hydrogen) atoms. The molecule has 0 fully saturated rings. The SMILES string of the molecule is CCN(CC)C(=O)C1=C(C)N=c2s/c(=C/c3cn(Cc4ccccc4)c4ccccc34)c(=O)n2[C@H]1c1ccc(Cl)cc1. The Balaban J connectivity index is 1.52. The van der Waals surface area contributed by atoms with Crippen LogP contribution in [0.5, 0.6) is 0 Å². The standard InChI is InChI=1S/C34H31ClN4O2S/c1-4-37(5-2)33(41)30-22(3)36-34-39(31(30)24-15-17-26(35)18-16-24)32(40)29(42-34)19-25-21-38(20-23-11-7-6-8-12-23)28-14-10-9-13-27(25)28/h6-19,21,31H,4-5,20H2,1-3H3/b29-19+/t31-/m0/s1. The molecule has 1 aliphatic heterocycles. The molecule has 212 valence electrons. The fourth-order valence-corrected chi connectivity index (χ4v) is 6.84. The Hall–Kier alpha value is -4.20. The Kier molecular flexibility index (Phi) is 7.71. The normalized spacial score (nSPS) is 15.1. The molecule has 0 spiro atoms. The van der Waals surface area contributed by atoms with E-state index in [-0.39, 0.29) is 11.5 Å².